The van der Waals surface area contributed by atoms with Crippen molar-refractivity contribution in [3.8, 4) is 0 Å². The zero-order valence-corrected chi connectivity index (χ0v) is 12.1. The first-order valence-corrected chi connectivity index (χ1v) is 6.88. The number of hydrazone groups is 1. The van der Waals surface area contributed by atoms with Gasteiger partial charge < -0.3 is 4.98 Å². The number of amides is 1. The predicted molar refractivity (Wildman–Crippen MR) is 84.8 cm³/mol. The minimum atomic E-state index is -0.427. The third-order valence-electron chi connectivity index (χ3n) is 3.14. The molecule has 4 nitrogen and oxygen atoms in total. The summed E-state index contributed by atoms with van der Waals surface area (Å²) in [6.07, 6.45) is 1.43. The molecule has 0 radical (unpaired) electrons. The Morgan fingerprint density at radius 2 is 1.91 bits per heavy atom. The second kappa shape index (κ2) is 5.99. The van der Waals surface area contributed by atoms with Gasteiger partial charge >= 0.3 is 0 Å². The Kier molecular flexibility index (Phi) is 3.89. The Labute approximate surface area is 130 Å². The molecule has 0 aliphatic carbocycles. The van der Waals surface area contributed by atoms with Crippen LogP contribution in [0, 0.1) is 5.82 Å². The van der Waals surface area contributed by atoms with Crippen molar-refractivity contribution in [3.63, 3.8) is 0 Å². The van der Waals surface area contributed by atoms with Crippen molar-refractivity contribution in [1.82, 2.24) is 10.4 Å². The van der Waals surface area contributed by atoms with Gasteiger partial charge in [0.1, 0.15) is 5.82 Å². The van der Waals surface area contributed by atoms with E-state index < -0.39 is 11.7 Å². The molecule has 0 aliphatic rings. The maximum atomic E-state index is 12.8. The van der Waals surface area contributed by atoms with E-state index >= 15 is 0 Å². The van der Waals surface area contributed by atoms with Crippen LogP contribution in [0.1, 0.15) is 16.1 Å². The molecule has 0 spiro atoms. The Bertz CT molecular complexity index is 855. The van der Waals surface area contributed by atoms with Crippen molar-refractivity contribution in [2.24, 2.45) is 5.10 Å². The number of fused-ring (bicyclic) bond motifs is 1. The summed E-state index contributed by atoms with van der Waals surface area (Å²) in [4.78, 5) is 14.9. The first-order valence-electron chi connectivity index (χ1n) is 6.50. The van der Waals surface area contributed by atoms with Crippen LogP contribution in [-0.2, 0) is 0 Å². The van der Waals surface area contributed by atoms with Crippen LogP contribution in [-0.4, -0.2) is 17.1 Å². The summed E-state index contributed by atoms with van der Waals surface area (Å²) in [5.74, 6) is -0.826. The highest BCUT2D eigenvalue weighted by atomic mass is 35.5. The van der Waals surface area contributed by atoms with Crippen LogP contribution < -0.4 is 5.43 Å². The predicted octanol–water partition coefficient (Wildman–Crippen LogP) is 3.72. The standard InChI is InChI=1S/C16H11ClFN3O/c17-15-12-3-1-2-4-13(12)20-14(15)9-19-21-16(22)10-5-7-11(18)8-6-10/h1-9,20H,(H,21,22). The lowest BCUT2D eigenvalue weighted by Gasteiger charge is -1.99. The fourth-order valence-corrected chi connectivity index (χ4v) is 2.30. The number of halogens is 2. The Morgan fingerprint density at radius 1 is 1.18 bits per heavy atom. The highest BCUT2D eigenvalue weighted by Gasteiger charge is 2.07. The lowest BCUT2D eigenvalue weighted by Crippen LogP contribution is -2.17. The summed E-state index contributed by atoms with van der Waals surface area (Å²) in [7, 11) is 0. The molecule has 0 fully saturated rings. The van der Waals surface area contributed by atoms with Crippen LogP contribution >= 0.6 is 11.6 Å². The van der Waals surface area contributed by atoms with Crippen LogP contribution in [0.3, 0.4) is 0 Å². The van der Waals surface area contributed by atoms with Crippen molar-refractivity contribution in [1.29, 1.82) is 0 Å². The van der Waals surface area contributed by atoms with E-state index in [2.05, 4.69) is 15.5 Å². The van der Waals surface area contributed by atoms with Crippen LogP contribution in [0.5, 0.6) is 0 Å². The summed E-state index contributed by atoms with van der Waals surface area (Å²) in [5.41, 5.74) is 4.18. The molecule has 110 valence electrons. The molecule has 2 N–H and O–H groups in total. The number of carbonyl (C=O) groups excluding carboxylic acids is 1. The molecular weight excluding hydrogens is 305 g/mol. The van der Waals surface area contributed by atoms with Crippen molar-refractivity contribution in [2.75, 3.05) is 0 Å². The van der Waals surface area contributed by atoms with Gasteiger partial charge in [-0.05, 0) is 30.3 Å². The Hall–Kier alpha value is -2.66. The van der Waals surface area contributed by atoms with Crippen molar-refractivity contribution in [3.05, 3.63) is 70.6 Å². The van der Waals surface area contributed by atoms with Crippen molar-refractivity contribution >= 4 is 34.6 Å². The number of nitrogens with zero attached hydrogens (tertiary/aromatic N) is 1. The molecule has 22 heavy (non-hydrogen) atoms. The van der Waals surface area contributed by atoms with Gasteiger partial charge in [0.2, 0.25) is 0 Å². The molecule has 1 aromatic heterocycles. The number of nitrogens with one attached hydrogen (secondary N) is 2. The van der Waals surface area contributed by atoms with Gasteiger partial charge in [0.05, 0.1) is 16.9 Å². The van der Waals surface area contributed by atoms with Crippen LogP contribution in [0.15, 0.2) is 53.6 Å². The van der Waals surface area contributed by atoms with Gasteiger partial charge in [0.15, 0.2) is 0 Å². The minimum absolute atomic E-state index is 0.321. The molecule has 1 heterocycles. The third-order valence-corrected chi connectivity index (χ3v) is 3.54. The molecule has 1 amide bonds. The number of H-pyrrole nitrogens is 1. The van der Waals surface area contributed by atoms with E-state index in [1.54, 1.807) is 0 Å². The van der Waals surface area contributed by atoms with E-state index in [1.165, 1.54) is 30.5 Å². The number of carbonyl (C=O) groups is 1. The molecular formula is C16H11ClFN3O. The highest BCUT2D eigenvalue weighted by Crippen LogP contribution is 2.25. The third kappa shape index (κ3) is 2.84. The fraction of sp³-hybridized carbons (Fsp3) is 0. The number of para-hydroxylation sites is 1. The van der Waals surface area contributed by atoms with Gasteiger partial charge in [0.25, 0.3) is 5.91 Å². The van der Waals surface area contributed by atoms with E-state index in [0.29, 0.717) is 16.3 Å². The monoisotopic (exact) mass is 315 g/mol. The summed E-state index contributed by atoms with van der Waals surface area (Å²) < 4.78 is 12.8. The van der Waals surface area contributed by atoms with Crippen LogP contribution in [0.2, 0.25) is 5.02 Å². The number of rotatable bonds is 3. The lowest BCUT2D eigenvalue weighted by molar-refractivity contribution is 0.0955. The van der Waals surface area contributed by atoms with Gasteiger partial charge in [-0.25, -0.2) is 9.82 Å². The Morgan fingerprint density at radius 3 is 2.64 bits per heavy atom. The zero-order valence-electron chi connectivity index (χ0n) is 11.3. The van der Waals surface area contributed by atoms with Crippen molar-refractivity contribution < 1.29 is 9.18 Å². The Balaban J connectivity index is 1.74. The molecule has 0 bridgehead atoms. The second-order valence-corrected chi connectivity index (χ2v) is 4.98. The number of aromatic nitrogens is 1. The zero-order chi connectivity index (χ0) is 15.5. The number of benzene rings is 2. The molecule has 0 saturated carbocycles. The van der Waals surface area contributed by atoms with E-state index in [9.17, 15) is 9.18 Å². The summed E-state index contributed by atoms with van der Waals surface area (Å²) >= 11 is 6.23. The molecule has 2 aromatic carbocycles. The molecule has 3 rings (SSSR count). The second-order valence-electron chi connectivity index (χ2n) is 4.60. The molecule has 0 unspecified atom stereocenters. The smallest absolute Gasteiger partial charge is 0.271 e. The van der Waals surface area contributed by atoms with Gasteiger partial charge in [-0.1, -0.05) is 29.8 Å². The quantitative estimate of drug-likeness (QED) is 0.561. The summed E-state index contributed by atoms with van der Waals surface area (Å²) in [6.45, 7) is 0. The van der Waals surface area contributed by atoms with Crippen LogP contribution in [0.25, 0.3) is 10.9 Å². The van der Waals surface area contributed by atoms with Gasteiger partial charge in [-0.3, -0.25) is 4.79 Å². The average molecular weight is 316 g/mol. The number of hydrogen-bond donors (Lipinski definition) is 2. The van der Waals surface area contributed by atoms with E-state index in [-0.39, 0.29) is 0 Å². The first kappa shape index (κ1) is 14.3. The normalized spacial score (nSPS) is 11.2. The topological polar surface area (TPSA) is 57.2 Å². The molecule has 0 atom stereocenters. The summed E-state index contributed by atoms with van der Waals surface area (Å²) in [5, 5.41) is 5.28. The molecule has 0 aliphatic heterocycles. The maximum absolute atomic E-state index is 12.8. The van der Waals surface area contributed by atoms with E-state index in [1.807, 2.05) is 24.3 Å². The summed E-state index contributed by atoms with van der Waals surface area (Å²) in [6, 6.07) is 12.8. The highest BCUT2D eigenvalue weighted by molar-refractivity contribution is 6.38. The average Bonchev–Trinajstić information content (AvgIpc) is 2.85. The molecule has 0 saturated heterocycles. The minimum Gasteiger partial charge on any atom is -0.352 e. The number of hydrogen-bond acceptors (Lipinski definition) is 2. The van der Waals surface area contributed by atoms with Gasteiger partial charge in [-0.2, -0.15) is 5.10 Å². The SMILES string of the molecule is O=C(NN=Cc1[nH]c2ccccc2c1Cl)c1ccc(F)cc1. The van der Waals surface area contributed by atoms with E-state index in [0.717, 1.165) is 10.9 Å². The first-order chi connectivity index (χ1) is 10.6. The molecule has 3 aromatic rings. The van der Waals surface area contributed by atoms with Crippen LogP contribution in [0.4, 0.5) is 4.39 Å². The fourth-order valence-electron chi connectivity index (χ4n) is 2.04. The maximum Gasteiger partial charge on any atom is 0.271 e. The van der Waals surface area contributed by atoms with Gasteiger partial charge in [0, 0.05) is 16.5 Å². The van der Waals surface area contributed by atoms with Crippen molar-refractivity contribution in [2.45, 2.75) is 0 Å². The lowest BCUT2D eigenvalue weighted by atomic mass is 10.2. The number of aromatic amines is 1. The molecule has 6 heteroatoms. The largest absolute Gasteiger partial charge is 0.352 e. The van der Waals surface area contributed by atoms with E-state index in [4.69, 9.17) is 11.6 Å². The van der Waals surface area contributed by atoms with Gasteiger partial charge in [-0.15, -0.1) is 0 Å².